The molecule has 14 heavy (non-hydrogen) atoms. The lowest BCUT2D eigenvalue weighted by Crippen LogP contribution is -2.00. The summed E-state index contributed by atoms with van der Waals surface area (Å²) >= 11 is 0. The molecule has 0 radical (unpaired) electrons. The Bertz CT molecular complexity index is 348. The Hall–Kier alpha value is -1.68. The molecule has 1 heterocycles. The zero-order valence-electron chi connectivity index (χ0n) is 7.68. The van der Waals surface area contributed by atoms with Gasteiger partial charge in [0.25, 0.3) is 0 Å². The van der Waals surface area contributed by atoms with Gasteiger partial charge in [-0.3, -0.25) is 0 Å². The quantitative estimate of drug-likeness (QED) is 0.750. The van der Waals surface area contributed by atoms with Crippen LogP contribution < -0.4 is 5.73 Å². The Balaban J connectivity index is 2.78. The topological polar surface area (TPSA) is 76.2 Å². The molecule has 4 nitrogen and oxygen atoms in total. The molecular formula is C10H12N2O2. The number of carbonyl (C=O) groups is 1. The van der Waals surface area contributed by atoms with Crippen molar-refractivity contribution < 1.29 is 9.90 Å². The van der Waals surface area contributed by atoms with Crippen molar-refractivity contribution in [2.75, 3.05) is 6.54 Å². The maximum Gasteiger partial charge on any atom is 0.354 e. The average molecular weight is 192 g/mol. The molecule has 4 heteroatoms. The van der Waals surface area contributed by atoms with Gasteiger partial charge in [0.2, 0.25) is 0 Å². The molecule has 0 aliphatic heterocycles. The third-order valence-electron chi connectivity index (χ3n) is 1.61. The van der Waals surface area contributed by atoms with E-state index in [1.807, 2.05) is 6.08 Å². The van der Waals surface area contributed by atoms with Crippen molar-refractivity contribution in [2.45, 2.75) is 6.42 Å². The van der Waals surface area contributed by atoms with Crippen LogP contribution in [0.5, 0.6) is 0 Å². The van der Waals surface area contributed by atoms with Crippen LogP contribution in [0.3, 0.4) is 0 Å². The summed E-state index contributed by atoms with van der Waals surface area (Å²) in [7, 11) is 0. The Morgan fingerprint density at radius 2 is 2.36 bits per heavy atom. The second-order valence-electron chi connectivity index (χ2n) is 2.73. The molecule has 0 fully saturated rings. The van der Waals surface area contributed by atoms with Crippen LogP contribution in [0.1, 0.15) is 22.6 Å². The molecule has 0 unspecified atom stereocenters. The van der Waals surface area contributed by atoms with Crippen molar-refractivity contribution in [3.63, 3.8) is 0 Å². The van der Waals surface area contributed by atoms with E-state index in [9.17, 15) is 4.79 Å². The molecule has 0 aliphatic carbocycles. The summed E-state index contributed by atoms with van der Waals surface area (Å²) in [5, 5.41) is 8.67. The summed E-state index contributed by atoms with van der Waals surface area (Å²) in [6, 6.07) is 4.88. The van der Waals surface area contributed by atoms with Gasteiger partial charge in [0.1, 0.15) is 5.69 Å². The Labute approximate surface area is 82.1 Å². The van der Waals surface area contributed by atoms with Crippen LogP contribution in [0.4, 0.5) is 0 Å². The second-order valence-corrected chi connectivity index (χ2v) is 2.73. The highest BCUT2D eigenvalue weighted by Crippen LogP contribution is 2.02. The third kappa shape index (κ3) is 2.99. The van der Waals surface area contributed by atoms with E-state index < -0.39 is 5.97 Å². The normalized spacial score (nSPS) is 10.6. The fourth-order valence-electron chi connectivity index (χ4n) is 0.964. The summed E-state index contributed by atoms with van der Waals surface area (Å²) in [6.45, 7) is 0.578. The van der Waals surface area contributed by atoms with E-state index in [4.69, 9.17) is 10.8 Å². The van der Waals surface area contributed by atoms with Gasteiger partial charge in [0.05, 0.1) is 5.69 Å². The van der Waals surface area contributed by atoms with Crippen LogP contribution in [0.25, 0.3) is 6.08 Å². The van der Waals surface area contributed by atoms with Gasteiger partial charge in [-0.05, 0) is 31.2 Å². The molecule has 1 aromatic heterocycles. The van der Waals surface area contributed by atoms with Gasteiger partial charge in [-0.2, -0.15) is 0 Å². The number of carboxylic acid groups (broad SMARTS) is 1. The zero-order valence-corrected chi connectivity index (χ0v) is 7.68. The van der Waals surface area contributed by atoms with Gasteiger partial charge >= 0.3 is 5.97 Å². The number of aromatic carboxylic acids is 1. The van der Waals surface area contributed by atoms with Gasteiger partial charge in [-0.25, -0.2) is 9.78 Å². The molecule has 0 amide bonds. The van der Waals surface area contributed by atoms with Gasteiger partial charge in [-0.15, -0.1) is 0 Å². The Kier molecular flexibility index (Phi) is 3.82. The predicted molar refractivity (Wildman–Crippen MR) is 53.9 cm³/mol. The van der Waals surface area contributed by atoms with E-state index in [-0.39, 0.29) is 5.69 Å². The minimum absolute atomic E-state index is 0.0555. The molecule has 0 atom stereocenters. The monoisotopic (exact) mass is 192 g/mol. The number of hydrogen-bond acceptors (Lipinski definition) is 3. The predicted octanol–water partition coefficient (Wildman–Crippen LogP) is 1.14. The first-order valence-electron chi connectivity index (χ1n) is 4.31. The van der Waals surface area contributed by atoms with Crippen molar-refractivity contribution in [2.24, 2.45) is 5.73 Å². The average Bonchev–Trinajstić information content (AvgIpc) is 2.19. The molecule has 1 aromatic rings. The molecular weight excluding hydrogens is 180 g/mol. The molecule has 0 saturated heterocycles. The number of hydrogen-bond donors (Lipinski definition) is 2. The minimum Gasteiger partial charge on any atom is -0.477 e. The number of nitrogens with two attached hydrogens (primary N) is 1. The smallest absolute Gasteiger partial charge is 0.354 e. The summed E-state index contributed by atoms with van der Waals surface area (Å²) in [5.74, 6) is -1.01. The fourth-order valence-corrected chi connectivity index (χ4v) is 0.964. The van der Waals surface area contributed by atoms with Crippen molar-refractivity contribution in [1.29, 1.82) is 0 Å². The van der Waals surface area contributed by atoms with Crippen molar-refractivity contribution >= 4 is 12.0 Å². The molecule has 0 aromatic carbocycles. The maximum absolute atomic E-state index is 10.6. The van der Waals surface area contributed by atoms with Crippen molar-refractivity contribution in [3.05, 3.63) is 35.7 Å². The summed E-state index contributed by atoms with van der Waals surface area (Å²) < 4.78 is 0. The summed E-state index contributed by atoms with van der Waals surface area (Å²) in [4.78, 5) is 14.5. The first kappa shape index (κ1) is 10.4. The van der Waals surface area contributed by atoms with E-state index >= 15 is 0 Å². The number of rotatable bonds is 4. The van der Waals surface area contributed by atoms with Gasteiger partial charge in [-0.1, -0.05) is 12.1 Å². The third-order valence-corrected chi connectivity index (χ3v) is 1.61. The molecule has 0 saturated carbocycles. The first-order chi connectivity index (χ1) is 6.74. The summed E-state index contributed by atoms with van der Waals surface area (Å²) in [5.41, 5.74) is 6.00. The zero-order chi connectivity index (χ0) is 10.4. The molecule has 0 aliphatic rings. The maximum atomic E-state index is 10.6. The van der Waals surface area contributed by atoms with Gasteiger partial charge in [0, 0.05) is 0 Å². The molecule has 74 valence electrons. The first-order valence-corrected chi connectivity index (χ1v) is 4.31. The van der Waals surface area contributed by atoms with Crippen LogP contribution in [0.15, 0.2) is 24.3 Å². The lowest BCUT2D eigenvalue weighted by molar-refractivity contribution is 0.0690. The van der Waals surface area contributed by atoms with E-state index in [2.05, 4.69) is 4.98 Å². The highest BCUT2D eigenvalue weighted by molar-refractivity contribution is 5.85. The van der Waals surface area contributed by atoms with Crippen molar-refractivity contribution in [1.82, 2.24) is 4.98 Å². The fraction of sp³-hybridized carbons (Fsp3) is 0.200. The molecule has 0 spiro atoms. The van der Waals surface area contributed by atoms with Crippen LogP contribution in [0, 0.1) is 0 Å². The van der Waals surface area contributed by atoms with E-state index in [0.29, 0.717) is 12.2 Å². The standard InChI is InChI=1S/C10H12N2O2/c11-7-2-1-4-8-5-3-6-9(12-8)10(13)14/h1,3-6H,2,7,11H2,(H,13,14). The molecule has 1 rings (SSSR count). The second kappa shape index (κ2) is 5.14. The largest absolute Gasteiger partial charge is 0.477 e. The van der Waals surface area contributed by atoms with Crippen LogP contribution >= 0.6 is 0 Å². The van der Waals surface area contributed by atoms with Crippen molar-refractivity contribution in [3.8, 4) is 0 Å². The van der Waals surface area contributed by atoms with Gasteiger partial charge < -0.3 is 10.8 Å². The minimum atomic E-state index is -1.01. The molecule has 3 N–H and O–H groups in total. The van der Waals surface area contributed by atoms with E-state index in [1.165, 1.54) is 6.07 Å². The lowest BCUT2D eigenvalue weighted by Gasteiger charge is -1.95. The SMILES string of the molecule is NCCC=Cc1cccc(C(=O)O)n1. The number of nitrogens with zero attached hydrogens (tertiary/aromatic N) is 1. The highest BCUT2D eigenvalue weighted by atomic mass is 16.4. The Morgan fingerprint density at radius 1 is 1.57 bits per heavy atom. The number of aromatic nitrogens is 1. The van der Waals surface area contributed by atoms with E-state index in [0.717, 1.165) is 6.42 Å². The Morgan fingerprint density at radius 3 is 3.00 bits per heavy atom. The number of carboxylic acids is 1. The van der Waals surface area contributed by atoms with Crippen LogP contribution in [-0.2, 0) is 0 Å². The molecule has 0 bridgehead atoms. The van der Waals surface area contributed by atoms with Crippen LogP contribution in [0.2, 0.25) is 0 Å². The van der Waals surface area contributed by atoms with Gasteiger partial charge in [0.15, 0.2) is 0 Å². The van der Waals surface area contributed by atoms with E-state index in [1.54, 1.807) is 18.2 Å². The lowest BCUT2D eigenvalue weighted by atomic mass is 10.2. The number of pyridine rings is 1. The van der Waals surface area contributed by atoms with Crippen LogP contribution in [-0.4, -0.2) is 22.6 Å². The highest BCUT2D eigenvalue weighted by Gasteiger charge is 2.02. The summed E-state index contributed by atoms with van der Waals surface area (Å²) in [6.07, 6.45) is 4.40.